The first-order valence-corrected chi connectivity index (χ1v) is 14.9. The fraction of sp³-hybridized carbons (Fsp3) is 0.310. The van der Waals surface area contributed by atoms with Crippen LogP contribution in [0.2, 0.25) is 0 Å². The first kappa shape index (κ1) is 27.9. The van der Waals surface area contributed by atoms with E-state index >= 15 is 0 Å². The molecule has 0 atom stereocenters. The normalized spacial score (nSPS) is 13.2. The number of hydrogen-bond acceptors (Lipinski definition) is 9. The fourth-order valence-corrected chi connectivity index (χ4v) is 6.72. The number of thiophene rings is 1. The Labute approximate surface area is 240 Å². The van der Waals surface area contributed by atoms with Gasteiger partial charge in [-0.3, -0.25) is 14.2 Å². The van der Waals surface area contributed by atoms with Crippen LogP contribution < -0.4 is 15.6 Å². The minimum atomic E-state index is -0.411. The van der Waals surface area contributed by atoms with E-state index in [1.54, 1.807) is 47.1 Å². The molecule has 1 aliphatic rings. The summed E-state index contributed by atoms with van der Waals surface area (Å²) >= 11 is 2.76. The zero-order valence-electron chi connectivity index (χ0n) is 22.6. The van der Waals surface area contributed by atoms with E-state index in [1.165, 1.54) is 11.8 Å². The number of likely N-dealkylation sites (N-methyl/N-ethyl adjacent to an activating group) is 1. The largest absolute Gasteiger partial charge is 0.494 e. The number of nitrogens with one attached hydrogen (secondary N) is 1. The maximum atomic E-state index is 14.0. The van der Waals surface area contributed by atoms with Gasteiger partial charge in [-0.2, -0.15) is 0 Å². The maximum absolute atomic E-state index is 14.0. The Bertz CT molecular complexity index is 1600. The third-order valence-corrected chi connectivity index (χ3v) is 8.50. The van der Waals surface area contributed by atoms with Gasteiger partial charge in [0.2, 0.25) is 5.91 Å². The van der Waals surface area contributed by atoms with Gasteiger partial charge in [-0.05, 0) is 81.4 Å². The molecule has 1 aliphatic heterocycles. The van der Waals surface area contributed by atoms with E-state index < -0.39 is 5.97 Å². The van der Waals surface area contributed by atoms with Crippen LogP contribution in [0.5, 0.6) is 5.75 Å². The zero-order valence-corrected chi connectivity index (χ0v) is 24.2. The summed E-state index contributed by atoms with van der Waals surface area (Å²) in [7, 11) is 2.07. The van der Waals surface area contributed by atoms with E-state index in [9.17, 15) is 14.4 Å². The van der Waals surface area contributed by atoms with Crippen LogP contribution in [0.25, 0.3) is 15.9 Å². The number of esters is 1. The molecule has 1 amide bonds. The molecule has 0 bridgehead atoms. The highest BCUT2D eigenvalue weighted by Gasteiger charge is 2.25. The molecular weight excluding hydrogens is 548 g/mol. The number of ether oxygens (including phenoxy) is 2. The van der Waals surface area contributed by atoms with Gasteiger partial charge in [0.25, 0.3) is 5.56 Å². The zero-order chi connectivity index (χ0) is 28.2. The second kappa shape index (κ2) is 12.2. The lowest BCUT2D eigenvalue weighted by Gasteiger charge is -2.21. The molecule has 0 unspecified atom stereocenters. The number of rotatable bonds is 9. The molecular formula is C29H30N4O5S2. The van der Waals surface area contributed by atoms with Crippen molar-refractivity contribution >= 4 is 50.9 Å². The molecule has 4 aromatic rings. The van der Waals surface area contributed by atoms with E-state index in [2.05, 4.69) is 17.3 Å². The molecule has 1 N–H and O–H groups in total. The number of thioether (sulfide) groups is 1. The molecule has 2 aromatic heterocycles. The van der Waals surface area contributed by atoms with E-state index in [0.717, 1.165) is 30.0 Å². The van der Waals surface area contributed by atoms with Crippen LogP contribution >= 0.6 is 23.1 Å². The number of anilines is 1. The van der Waals surface area contributed by atoms with Crippen molar-refractivity contribution in [1.29, 1.82) is 0 Å². The number of amides is 1. The van der Waals surface area contributed by atoms with E-state index in [0.29, 0.717) is 51.3 Å². The molecule has 0 spiro atoms. The Morgan fingerprint density at radius 1 is 1.07 bits per heavy atom. The molecule has 0 saturated carbocycles. The molecule has 5 rings (SSSR count). The second-order valence-electron chi connectivity index (χ2n) is 9.27. The predicted molar refractivity (Wildman–Crippen MR) is 158 cm³/mol. The Morgan fingerprint density at radius 2 is 1.82 bits per heavy atom. The fourth-order valence-electron chi connectivity index (χ4n) is 4.57. The highest BCUT2D eigenvalue weighted by Crippen LogP contribution is 2.34. The molecule has 9 nitrogen and oxygen atoms in total. The van der Waals surface area contributed by atoms with Crippen molar-refractivity contribution in [2.24, 2.45) is 0 Å². The second-order valence-corrected chi connectivity index (χ2v) is 11.3. The summed E-state index contributed by atoms with van der Waals surface area (Å²) in [5, 5.41) is 3.95. The Hall–Kier alpha value is -3.67. The molecule has 40 heavy (non-hydrogen) atoms. The van der Waals surface area contributed by atoms with Gasteiger partial charge < -0.3 is 19.7 Å². The third kappa shape index (κ3) is 5.91. The van der Waals surface area contributed by atoms with Gasteiger partial charge >= 0.3 is 5.97 Å². The van der Waals surface area contributed by atoms with Crippen LogP contribution in [0.15, 0.2) is 58.5 Å². The standard InChI is InChI=1S/C29H30N4O5S2/c1-4-37-21-12-10-20(11-13-21)33-27(35)25-22-14-15-32(3)16-23(22)40-26(25)31-29(33)39-17-24(34)30-19-8-6-18(7-9-19)28(36)38-5-2/h6-13H,4-5,14-17H2,1-3H3,(H,30,34). The van der Waals surface area contributed by atoms with Gasteiger partial charge in [-0.1, -0.05) is 11.8 Å². The molecule has 0 saturated heterocycles. The van der Waals surface area contributed by atoms with Gasteiger partial charge in [0, 0.05) is 23.7 Å². The summed E-state index contributed by atoms with van der Waals surface area (Å²) in [4.78, 5) is 47.7. The number of hydrogen-bond donors (Lipinski definition) is 1. The topological polar surface area (TPSA) is 103 Å². The van der Waals surface area contributed by atoms with Crippen molar-refractivity contribution in [2.45, 2.75) is 32.0 Å². The van der Waals surface area contributed by atoms with E-state index in [-0.39, 0.29) is 17.2 Å². The highest BCUT2D eigenvalue weighted by atomic mass is 32.2. The lowest BCUT2D eigenvalue weighted by atomic mass is 10.1. The lowest BCUT2D eigenvalue weighted by Crippen LogP contribution is -2.27. The number of aromatic nitrogens is 2. The Kier molecular flexibility index (Phi) is 8.53. The molecule has 11 heteroatoms. The molecule has 3 heterocycles. The molecule has 0 radical (unpaired) electrons. The number of benzene rings is 2. The highest BCUT2D eigenvalue weighted by molar-refractivity contribution is 7.99. The van der Waals surface area contributed by atoms with Crippen molar-refractivity contribution < 1.29 is 19.1 Å². The van der Waals surface area contributed by atoms with Crippen molar-refractivity contribution in [2.75, 3.05) is 37.9 Å². The minimum absolute atomic E-state index is 0.0441. The quantitative estimate of drug-likeness (QED) is 0.173. The monoisotopic (exact) mass is 578 g/mol. The minimum Gasteiger partial charge on any atom is -0.494 e. The van der Waals surface area contributed by atoms with Gasteiger partial charge in [0.1, 0.15) is 10.6 Å². The number of carbonyl (C=O) groups is 2. The predicted octanol–water partition coefficient (Wildman–Crippen LogP) is 4.74. The van der Waals surface area contributed by atoms with Gasteiger partial charge in [0.15, 0.2) is 5.16 Å². The molecule has 2 aromatic carbocycles. The average Bonchev–Trinajstić information content (AvgIpc) is 3.31. The number of carbonyl (C=O) groups excluding carboxylic acids is 2. The molecule has 0 fully saturated rings. The van der Waals surface area contributed by atoms with Crippen molar-refractivity contribution in [1.82, 2.24) is 14.5 Å². The Morgan fingerprint density at radius 3 is 2.52 bits per heavy atom. The summed E-state index contributed by atoms with van der Waals surface area (Å²) in [6.45, 7) is 6.18. The first-order chi connectivity index (χ1) is 19.4. The number of fused-ring (bicyclic) bond motifs is 3. The van der Waals surface area contributed by atoms with Crippen LogP contribution in [-0.2, 0) is 22.5 Å². The molecule has 208 valence electrons. The summed E-state index contributed by atoms with van der Waals surface area (Å²) < 4.78 is 12.2. The van der Waals surface area contributed by atoms with Crippen LogP contribution in [0.1, 0.15) is 34.6 Å². The van der Waals surface area contributed by atoms with Gasteiger partial charge in [-0.15, -0.1) is 11.3 Å². The summed E-state index contributed by atoms with van der Waals surface area (Å²) in [5.74, 6) is 0.0922. The number of nitrogens with zero attached hydrogens (tertiary/aromatic N) is 3. The Balaban J connectivity index is 1.43. The average molecular weight is 579 g/mol. The maximum Gasteiger partial charge on any atom is 0.338 e. The van der Waals surface area contributed by atoms with Crippen LogP contribution in [0.4, 0.5) is 5.69 Å². The van der Waals surface area contributed by atoms with Gasteiger partial charge in [0.05, 0.1) is 35.6 Å². The van der Waals surface area contributed by atoms with E-state index in [4.69, 9.17) is 14.5 Å². The van der Waals surface area contributed by atoms with E-state index in [1.807, 2.05) is 31.2 Å². The third-order valence-electron chi connectivity index (χ3n) is 6.45. The first-order valence-electron chi connectivity index (χ1n) is 13.1. The summed E-state index contributed by atoms with van der Waals surface area (Å²) in [6.07, 6.45) is 0.801. The van der Waals surface area contributed by atoms with Crippen molar-refractivity contribution in [3.63, 3.8) is 0 Å². The smallest absolute Gasteiger partial charge is 0.338 e. The lowest BCUT2D eigenvalue weighted by molar-refractivity contribution is -0.113. The molecule has 0 aliphatic carbocycles. The van der Waals surface area contributed by atoms with Crippen LogP contribution in [-0.4, -0.2) is 58.9 Å². The van der Waals surface area contributed by atoms with Crippen molar-refractivity contribution in [3.05, 3.63) is 74.9 Å². The van der Waals surface area contributed by atoms with Crippen LogP contribution in [0.3, 0.4) is 0 Å². The summed E-state index contributed by atoms with van der Waals surface area (Å²) in [6, 6.07) is 13.8. The van der Waals surface area contributed by atoms with Crippen molar-refractivity contribution in [3.8, 4) is 11.4 Å². The summed E-state index contributed by atoms with van der Waals surface area (Å²) in [5.41, 5.74) is 2.58. The van der Waals surface area contributed by atoms with Crippen LogP contribution in [0, 0.1) is 0 Å². The van der Waals surface area contributed by atoms with Gasteiger partial charge in [-0.25, -0.2) is 9.78 Å². The SMILES string of the molecule is CCOC(=O)c1ccc(NC(=O)CSc2nc3sc4c(c3c(=O)n2-c2ccc(OCC)cc2)CCN(C)C4)cc1.